The number of allylic oxidation sites excluding steroid dienone is 3. The third-order valence-corrected chi connectivity index (χ3v) is 22.8. The van der Waals surface area contributed by atoms with E-state index >= 15 is 0 Å². The van der Waals surface area contributed by atoms with Crippen molar-refractivity contribution < 1.29 is 262 Å². The Morgan fingerprint density at radius 1 is 0.648 bits per heavy atom. The number of fused-ring (bicyclic) bond motifs is 7. The number of H-pyrrole nitrogens is 1. The molecule has 16 rings (SSSR count). The molecular formula is C99H88ClFN4O13SY6-6. The Bertz CT molecular complexity index is 6030. The van der Waals surface area contributed by atoms with E-state index in [2.05, 4.69) is 37.0 Å². The number of nitrogens with zero attached hydrogens (tertiary/aromatic N) is 3. The van der Waals surface area contributed by atoms with Gasteiger partial charge in [-0.25, -0.2) is 4.39 Å². The van der Waals surface area contributed by atoms with E-state index in [1.54, 1.807) is 116 Å². The van der Waals surface area contributed by atoms with Crippen molar-refractivity contribution in [1.82, 2.24) is 18.7 Å². The van der Waals surface area contributed by atoms with Crippen molar-refractivity contribution in [3.8, 4) is 11.5 Å². The first-order valence-corrected chi connectivity index (χ1v) is 40.7. The molecule has 125 heavy (non-hydrogen) atoms. The minimum atomic E-state index is -1.01. The number of hydrogen-bond acceptors (Lipinski definition) is 13. The number of aromatic nitrogens is 4. The maximum absolute atomic E-state index is 13.6. The van der Waals surface area contributed by atoms with Crippen LogP contribution in [-0.4, -0.2) is 105 Å². The largest absolute Gasteiger partial charge is 0.542 e. The number of rotatable bonds is 21. The zero-order valence-electron chi connectivity index (χ0n) is 70.9. The average Bonchev–Trinajstić information content (AvgIpc) is 1.60. The molecule has 0 spiro atoms. The van der Waals surface area contributed by atoms with Gasteiger partial charge in [0.15, 0.2) is 0 Å². The second-order valence-corrected chi connectivity index (χ2v) is 30.6. The molecule has 0 fully saturated rings. The number of methoxy groups -OCH3 is 2. The fourth-order valence-corrected chi connectivity index (χ4v) is 15.6. The smallest absolute Gasteiger partial charge is 0.262 e. The molecule has 5 heterocycles. The molecule has 0 amide bonds. The molecule has 2 aliphatic carbocycles. The van der Waals surface area contributed by atoms with Crippen molar-refractivity contribution in [1.29, 1.82) is 0 Å². The number of ketones is 1. The summed E-state index contributed by atoms with van der Waals surface area (Å²) in [5.41, 5.74) is 18.6. The number of aryl methyl sites for hydroxylation is 2. The third kappa shape index (κ3) is 26.9. The summed E-state index contributed by atoms with van der Waals surface area (Å²) in [6.07, 6.45) is 23.6. The molecule has 1 aliphatic heterocycles. The molecule has 4 unspecified atom stereocenters. The molecule has 26 heteroatoms. The molecule has 3 aliphatic rings. The Hall–Kier alpha value is -6.06. The molecule has 4 atom stereocenters. The monoisotopic (exact) mass is 2160 g/mol. The van der Waals surface area contributed by atoms with Gasteiger partial charge in [-0.15, -0.1) is 37.5 Å². The van der Waals surface area contributed by atoms with Crippen molar-refractivity contribution in [2.45, 2.75) is 109 Å². The van der Waals surface area contributed by atoms with Crippen LogP contribution in [0.5, 0.6) is 11.5 Å². The van der Waals surface area contributed by atoms with Gasteiger partial charge in [0.25, 0.3) is 11.8 Å². The molecular weight excluding hydrogens is 2070 g/mol. The van der Waals surface area contributed by atoms with Crippen molar-refractivity contribution >= 4 is 128 Å². The predicted octanol–water partition coefficient (Wildman–Crippen LogP) is 18.7. The number of benzene rings is 9. The summed E-state index contributed by atoms with van der Waals surface area (Å²) in [5.74, 6) is 0.669. The number of aromatic amines is 1. The molecule has 6 radical (unpaired) electrons. The van der Waals surface area contributed by atoms with Crippen molar-refractivity contribution in [3.05, 3.63) is 331 Å². The Labute approximate surface area is 887 Å². The summed E-state index contributed by atoms with van der Waals surface area (Å²) in [4.78, 5) is 106. The van der Waals surface area contributed by atoms with Gasteiger partial charge in [0, 0.05) is 287 Å². The van der Waals surface area contributed by atoms with Crippen molar-refractivity contribution in [2.75, 3.05) is 27.1 Å². The summed E-state index contributed by atoms with van der Waals surface area (Å²) < 4.78 is 46.4. The first-order chi connectivity index (χ1) is 57.6. The molecule has 13 aromatic rings. The molecule has 1 N–H and O–H groups in total. The Morgan fingerprint density at radius 3 is 1.92 bits per heavy atom. The van der Waals surface area contributed by atoms with Crippen LogP contribution in [0.2, 0.25) is 5.02 Å². The quantitative estimate of drug-likeness (QED) is 0.0522. The van der Waals surface area contributed by atoms with Crippen LogP contribution >= 0.6 is 11.6 Å². The van der Waals surface area contributed by atoms with E-state index in [0.29, 0.717) is 59.0 Å². The van der Waals surface area contributed by atoms with Crippen LogP contribution < -0.4 is 9.47 Å². The summed E-state index contributed by atoms with van der Waals surface area (Å²) in [6, 6.07) is 64.6. The molecule has 17 nitrogen and oxygen atoms in total. The second-order valence-electron chi connectivity index (χ2n) is 28.8. The predicted molar refractivity (Wildman–Crippen MR) is 466 cm³/mol. The minimum absolute atomic E-state index is 0. The summed E-state index contributed by atoms with van der Waals surface area (Å²) >= 11 is 5.86. The van der Waals surface area contributed by atoms with Crippen molar-refractivity contribution in [3.63, 3.8) is 0 Å². The maximum Gasteiger partial charge on any atom is 0.262 e. The van der Waals surface area contributed by atoms with E-state index in [4.69, 9.17) is 25.8 Å². The summed E-state index contributed by atoms with van der Waals surface area (Å²) in [5, 5.41) is 4.88. The van der Waals surface area contributed by atoms with Gasteiger partial charge in [-0.2, -0.15) is 0 Å². The van der Waals surface area contributed by atoms with Crippen LogP contribution in [0.25, 0.3) is 49.8 Å². The van der Waals surface area contributed by atoms with E-state index in [0.717, 1.165) is 124 Å². The van der Waals surface area contributed by atoms with Gasteiger partial charge in [-0.3, -0.25) is 65.4 Å². The van der Waals surface area contributed by atoms with E-state index in [1.165, 1.54) is 38.7 Å². The zero-order valence-corrected chi connectivity index (χ0v) is 89.5. The van der Waals surface area contributed by atoms with Gasteiger partial charge >= 0.3 is 0 Å². The van der Waals surface area contributed by atoms with E-state index < -0.39 is 16.4 Å². The average molecular weight is 2160 g/mol. The Balaban J connectivity index is 0.000000265. The van der Waals surface area contributed by atoms with Crippen LogP contribution in [0.4, 0.5) is 4.39 Å². The molecule has 0 saturated carbocycles. The standard InChI is InChI=1S/C20H16FO2S.C18H13ClNO3.C17H20NO2.C15H12NO2.C15H14NO2.C14H13O2.6Y/c1-13-17(9-10-22)20-12-15(21)5-8-18(20)19(13)11-14-3-6-16(7-4-14)24(2)23;1-23-15-6-7-17-16(10-15)13(8-9-21)11-20(17)18(22)12-2-4-14(19)5-3-12;1-3-12-6-5-7-13-14-8-11-20-17(4-2,9-10-19)16(14)18-15(12)13;17-10-11-8-13-6-7-16(14(13)9-11)15(18)12-4-2-1-3-5-12;1-11-3-5-12(6-4-11)15(18)14-8-7-13(9-10-17)16(14)2;1-10(9-15)11-3-4-13-8-14(16-2)6-5-12(13)7-11;;;;;;/h3-8,11-12H,9H2,1-2H3;2-7,10-11H,8H2,1H3;5-7,18H,3-4,8-9,11H2,1-2H3;1-7,11H,8-9H2;3-8H,9H2,1-2H3;3-8,10H,1-2H3;;;;;;/q6*-1;;;;;;/b19-11-;;;;;;;;;;;. The number of hydrogen-bond donors (Lipinski definition) is 1. The molecule has 9 aromatic carbocycles. The maximum atomic E-state index is 13.6. The Kier molecular flexibility index (Phi) is 46.2. The van der Waals surface area contributed by atoms with Crippen LogP contribution in [0.1, 0.15) is 157 Å². The van der Waals surface area contributed by atoms with Gasteiger partial charge in [0.2, 0.25) is 5.78 Å². The van der Waals surface area contributed by atoms with Crippen molar-refractivity contribution in [2.24, 2.45) is 13.0 Å². The molecule has 4 aromatic heterocycles. The number of para-hydroxylation sites is 1. The van der Waals surface area contributed by atoms with Gasteiger partial charge in [0.1, 0.15) is 17.3 Å². The van der Waals surface area contributed by atoms with E-state index in [9.17, 15) is 51.8 Å². The van der Waals surface area contributed by atoms with Crippen LogP contribution in [0.3, 0.4) is 0 Å². The first-order valence-electron chi connectivity index (χ1n) is 38.8. The SMILES string of the molecule is CC1=C(C[C-]=O)c2cc(F)ccc2/C1=C\c1ccc(S(C)=O)cc1.CCc1cccc2c3c([nH]c12)C(CC)(C[C-]=O)OCC3.COc1ccc2c(c1)c(C[C-]=O)cn2C(=O)c1ccc(Cl)cc1.COc1ccc2cc(C(C)[C-]=O)ccc2c1.Cc1ccc(C(=O)c2ccc(C[C-]=O)n2C)cc1.O=[C-]C1Cc2ccn(C(=O)c3ccccc3)c2C1.[Y].[Y].[Y].[Y].[Y].[Y]. The number of carbonyl (C=O) groups is 3. The molecule has 0 saturated heterocycles. The number of carbonyl (C=O) groups excluding carboxylic acids is 9. The topological polar surface area (TPSA) is 229 Å². The van der Waals surface area contributed by atoms with Gasteiger partial charge in [0.05, 0.1) is 37.6 Å². The second kappa shape index (κ2) is 52.7. The van der Waals surface area contributed by atoms with E-state index in [1.807, 2.05) is 180 Å². The van der Waals surface area contributed by atoms with Gasteiger partial charge in [-0.1, -0.05) is 152 Å². The van der Waals surface area contributed by atoms with Gasteiger partial charge in [-0.05, 0) is 228 Å². The minimum Gasteiger partial charge on any atom is -0.542 e. The number of nitrogens with one attached hydrogen (secondary N) is 1. The first kappa shape index (κ1) is 109. The number of halogens is 2. The fourth-order valence-electron chi connectivity index (χ4n) is 14.9. The van der Waals surface area contributed by atoms with Gasteiger partial charge < -0.3 is 52.5 Å². The fraction of sp³-hybridized carbons (Fsp3) is 0.222. The van der Waals surface area contributed by atoms with E-state index in [-0.39, 0.29) is 251 Å². The van der Waals surface area contributed by atoms with Crippen LogP contribution in [-0.2, 0) is 292 Å². The summed E-state index contributed by atoms with van der Waals surface area (Å²) in [7, 11) is 4.00. The third-order valence-electron chi connectivity index (χ3n) is 21.6. The van der Waals surface area contributed by atoms with Crippen LogP contribution in [0.15, 0.2) is 235 Å². The molecule has 626 valence electrons. The molecule has 0 bridgehead atoms. The summed E-state index contributed by atoms with van der Waals surface area (Å²) in [6.45, 7) is 10.7. The number of ether oxygens (including phenoxy) is 3. The van der Waals surface area contributed by atoms with Crippen LogP contribution in [0, 0.1) is 18.7 Å². The normalized spacial score (nSPS) is 14.2. The zero-order chi connectivity index (χ0) is 85.0. The Morgan fingerprint density at radius 2 is 1.29 bits per heavy atom.